The third-order valence-electron chi connectivity index (χ3n) is 5.51. The Morgan fingerprint density at radius 3 is 1.18 bits per heavy atom. The van der Waals surface area contributed by atoms with E-state index in [0.717, 1.165) is 0 Å². The number of amides is 2. The number of pyridine rings is 4. The van der Waals surface area contributed by atoms with Gasteiger partial charge in [0, 0.05) is 49.0 Å². The number of hydrogen-bond acceptors (Lipinski definition) is 8. The van der Waals surface area contributed by atoms with E-state index < -0.39 is 11.9 Å². The summed E-state index contributed by atoms with van der Waals surface area (Å²) in [6.45, 7) is 0.577. The summed E-state index contributed by atoms with van der Waals surface area (Å²) in [5.41, 5.74) is 2.16. The van der Waals surface area contributed by atoms with E-state index >= 15 is 0 Å². The van der Waals surface area contributed by atoms with Gasteiger partial charge in [-0.1, -0.05) is 0 Å². The van der Waals surface area contributed by atoms with Gasteiger partial charge < -0.3 is 20.8 Å². The van der Waals surface area contributed by atoms with Crippen LogP contribution < -0.4 is 10.6 Å². The highest BCUT2D eigenvalue weighted by atomic mass is 16.4. The molecule has 0 atom stereocenters. The average Bonchev–Trinajstić information content (AvgIpc) is 2.97. The summed E-state index contributed by atoms with van der Waals surface area (Å²) >= 11 is 0. The molecule has 4 N–H and O–H groups in total. The van der Waals surface area contributed by atoms with Crippen molar-refractivity contribution in [2.45, 2.75) is 6.42 Å². The lowest BCUT2D eigenvalue weighted by atomic mass is 10.1. The maximum absolute atomic E-state index is 12.6. The van der Waals surface area contributed by atoms with Crippen LogP contribution in [0.4, 0.5) is 0 Å². The summed E-state index contributed by atoms with van der Waals surface area (Å²) in [6.07, 6.45) is 6.06. The van der Waals surface area contributed by atoms with Crippen molar-refractivity contribution in [1.82, 2.24) is 30.6 Å². The first-order chi connectivity index (χ1) is 18.8. The van der Waals surface area contributed by atoms with Gasteiger partial charge in [0.1, 0.15) is 0 Å². The first-order valence-corrected chi connectivity index (χ1v) is 11.7. The largest absolute Gasteiger partial charge is 0.478 e. The highest BCUT2D eigenvalue weighted by molar-refractivity contribution is 5.96. The highest BCUT2D eigenvalue weighted by Gasteiger charge is 2.13. The van der Waals surface area contributed by atoms with Crippen molar-refractivity contribution in [3.63, 3.8) is 0 Å². The second kappa shape index (κ2) is 12.1. The van der Waals surface area contributed by atoms with Crippen LogP contribution in [-0.4, -0.2) is 67.0 Å². The van der Waals surface area contributed by atoms with E-state index in [1.165, 1.54) is 73.3 Å². The molecule has 0 bridgehead atoms. The van der Waals surface area contributed by atoms with E-state index in [9.17, 15) is 19.2 Å². The summed E-state index contributed by atoms with van der Waals surface area (Å²) in [7, 11) is 0. The van der Waals surface area contributed by atoms with Crippen molar-refractivity contribution in [3.05, 3.63) is 95.6 Å². The third kappa shape index (κ3) is 6.83. The Morgan fingerprint density at radius 1 is 0.538 bits per heavy atom. The van der Waals surface area contributed by atoms with E-state index in [2.05, 4.69) is 30.6 Å². The molecule has 4 aromatic heterocycles. The number of carbonyl (C=O) groups is 4. The number of rotatable bonds is 10. The van der Waals surface area contributed by atoms with Crippen LogP contribution in [0.1, 0.15) is 47.9 Å². The molecule has 0 saturated heterocycles. The summed E-state index contributed by atoms with van der Waals surface area (Å²) in [5, 5.41) is 23.9. The number of carbonyl (C=O) groups excluding carboxylic acids is 2. The molecule has 12 nitrogen and oxygen atoms in total. The summed E-state index contributed by atoms with van der Waals surface area (Å²) in [6, 6.07) is 11.6. The van der Waals surface area contributed by atoms with Crippen LogP contribution in [0.2, 0.25) is 0 Å². The van der Waals surface area contributed by atoms with Crippen molar-refractivity contribution in [2.75, 3.05) is 13.1 Å². The number of nitrogens with zero attached hydrogens (tertiary/aromatic N) is 4. The molecule has 0 saturated carbocycles. The van der Waals surface area contributed by atoms with E-state index in [1.807, 2.05) is 0 Å². The minimum Gasteiger partial charge on any atom is -0.478 e. The molecule has 0 unspecified atom stereocenters. The maximum atomic E-state index is 12.6. The fourth-order valence-electron chi connectivity index (χ4n) is 3.53. The van der Waals surface area contributed by atoms with Gasteiger partial charge in [-0.15, -0.1) is 0 Å². The molecule has 39 heavy (non-hydrogen) atoms. The number of hydrogen-bond donors (Lipinski definition) is 4. The van der Waals surface area contributed by atoms with Crippen LogP contribution in [-0.2, 0) is 0 Å². The lowest BCUT2D eigenvalue weighted by Crippen LogP contribution is -2.30. The molecule has 196 valence electrons. The Morgan fingerprint density at radius 2 is 0.846 bits per heavy atom. The second-order valence-corrected chi connectivity index (χ2v) is 8.19. The zero-order valence-electron chi connectivity index (χ0n) is 20.4. The minimum absolute atomic E-state index is 0.0609. The van der Waals surface area contributed by atoms with E-state index in [-0.39, 0.29) is 36.0 Å². The Bertz CT molecular complexity index is 1440. The topological polar surface area (TPSA) is 184 Å². The van der Waals surface area contributed by atoms with Crippen molar-refractivity contribution in [1.29, 1.82) is 0 Å². The molecule has 0 aromatic carbocycles. The van der Waals surface area contributed by atoms with Crippen LogP contribution in [0.25, 0.3) is 22.8 Å². The standard InChI is InChI=1S/C27H22N6O6/c34-24(16-2-8-28-20(12-16)22-14-18(26(36)37)4-10-30-22)32-6-1-7-33-25(35)17-3-9-29-21(13-17)23-15-19(27(38)39)5-11-31-23/h2-5,8-15H,1,6-7H2,(H,32,34)(H,33,35)(H,36,37)(H,38,39). The zero-order valence-corrected chi connectivity index (χ0v) is 20.4. The van der Waals surface area contributed by atoms with E-state index in [4.69, 9.17) is 10.2 Å². The van der Waals surface area contributed by atoms with Crippen molar-refractivity contribution >= 4 is 23.8 Å². The van der Waals surface area contributed by atoms with Gasteiger partial charge in [-0.05, 0) is 55.0 Å². The van der Waals surface area contributed by atoms with Gasteiger partial charge in [-0.3, -0.25) is 29.5 Å². The van der Waals surface area contributed by atoms with Crippen LogP contribution in [0, 0.1) is 0 Å². The fraction of sp³-hybridized carbons (Fsp3) is 0.111. The Labute approximate surface area is 221 Å². The van der Waals surface area contributed by atoms with Gasteiger partial charge in [0.2, 0.25) is 0 Å². The Balaban J connectivity index is 1.28. The Kier molecular flexibility index (Phi) is 8.27. The normalized spacial score (nSPS) is 10.5. The van der Waals surface area contributed by atoms with Crippen LogP contribution in [0.5, 0.6) is 0 Å². The molecule has 0 spiro atoms. The fourth-order valence-corrected chi connectivity index (χ4v) is 3.53. The first-order valence-electron chi connectivity index (χ1n) is 11.7. The van der Waals surface area contributed by atoms with Crippen molar-refractivity contribution < 1.29 is 29.4 Å². The van der Waals surface area contributed by atoms with Gasteiger partial charge in [0.15, 0.2) is 0 Å². The van der Waals surface area contributed by atoms with Crippen molar-refractivity contribution in [3.8, 4) is 22.8 Å². The van der Waals surface area contributed by atoms with Gasteiger partial charge in [0.05, 0.1) is 33.9 Å². The average molecular weight is 527 g/mol. The smallest absolute Gasteiger partial charge is 0.335 e. The van der Waals surface area contributed by atoms with Gasteiger partial charge in [-0.2, -0.15) is 0 Å². The SMILES string of the molecule is O=C(O)c1ccnc(-c2cc(C(=O)NCCCNC(=O)c3ccnc(-c4cc(C(=O)O)ccn4)c3)ccn2)c1. The lowest BCUT2D eigenvalue weighted by molar-refractivity contribution is 0.0686. The molecule has 0 fully saturated rings. The molecule has 4 rings (SSSR count). The monoisotopic (exact) mass is 526 g/mol. The predicted molar refractivity (Wildman–Crippen MR) is 138 cm³/mol. The Hall–Kier alpha value is -5.52. The van der Waals surface area contributed by atoms with Crippen LogP contribution in [0.15, 0.2) is 73.3 Å². The molecular weight excluding hydrogens is 504 g/mol. The molecule has 0 aliphatic heterocycles. The maximum Gasteiger partial charge on any atom is 0.335 e. The van der Waals surface area contributed by atoms with Gasteiger partial charge in [-0.25, -0.2) is 9.59 Å². The third-order valence-corrected chi connectivity index (χ3v) is 5.51. The number of aromatic nitrogens is 4. The number of nitrogens with one attached hydrogen (secondary N) is 2. The molecule has 0 radical (unpaired) electrons. The summed E-state index contributed by atoms with van der Waals surface area (Å²) in [5.74, 6) is -2.89. The first kappa shape index (κ1) is 26.5. The summed E-state index contributed by atoms with van der Waals surface area (Å²) in [4.78, 5) is 64.1. The molecule has 4 aromatic rings. The molecule has 12 heteroatoms. The zero-order chi connectivity index (χ0) is 27.8. The molecule has 0 aliphatic carbocycles. The number of carboxylic acid groups (broad SMARTS) is 2. The summed E-state index contributed by atoms with van der Waals surface area (Å²) < 4.78 is 0. The molecular formula is C27H22N6O6. The predicted octanol–water partition coefficient (Wildman–Crippen LogP) is 2.55. The van der Waals surface area contributed by atoms with E-state index in [1.54, 1.807) is 0 Å². The lowest BCUT2D eigenvalue weighted by Gasteiger charge is -2.09. The molecule has 2 amide bonds. The quantitative estimate of drug-likeness (QED) is 0.224. The van der Waals surface area contributed by atoms with Gasteiger partial charge in [0.25, 0.3) is 11.8 Å². The van der Waals surface area contributed by atoms with Gasteiger partial charge >= 0.3 is 11.9 Å². The van der Waals surface area contributed by atoms with Crippen LogP contribution >= 0.6 is 0 Å². The number of carboxylic acids is 2. The highest BCUT2D eigenvalue weighted by Crippen LogP contribution is 2.18. The van der Waals surface area contributed by atoms with Crippen LogP contribution in [0.3, 0.4) is 0 Å². The minimum atomic E-state index is -1.09. The van der Waals surface area contributed by atoms with Crippen molar-refractivity contribution in [2.24, 2.45) is 0 Å². The van der Waals surface area contributed by atoms with E-state index in [0.29, 0.717) is 40.3 Å². The molecule has 4 heterocycles. The second-order valence-electron chi connectivity index (χ2n) is 8.19. The molecule has 0 aliphatic rings. The number of aromatic carboxylic acids is 2.